The summed E-state index contributed by atoms with van der Waals surface area (Å²) in [6.07, 6.45) is 0. The monoisotopic (exact) mass is 412 g/mol. The number of carbonyl (C=O) groups is 2. The Balaban J connectivity index is 1.48. The van der Waals surface area contributed by atoms with Crippen molar-refractivity contribution in [2.45, 2.75) is 13.5 Å². The van der Waals surface area contributed by atoms with Gasteiger partial charge in [-0.1, -0.05) is 12.1 Å². The molecule has 3 rings (SSSR count). The second kappa shape index (κ2) is 9.70. The second-order valence-electron chi connectivity index (χ2n) is 6.00. The van der Waals surface area contributed by atoms with E-state index in [4.69, 9.17) is 14.2 Å². The van der Waals surface area contributed by atoms with Crippen LogP contribution in [0.4, 0.5) is 5.69 Å². The number of hydrogen-bond acceptors (Lipinski definition) is 7. The Kier molecular flexibility index (Phi) is 6.80. The highest BCUT2D eigenvalue weighted by Gasteiger charge is 2.12. The van der Waals surface area contributed by atoms with Crippen molar-refractivity contribution < 1.29 is 23.8 Å². The van der Waals surface area contributed by atoms with Crippen molar-refractivity contribution in [1.82, 2.24) is 4.98 Å². The van der Waals surface area contributed by atoms with Crippen LogP contribution in [0.2, 0.25) is 0 Å². The molecule has 0 aliphatic carbocycles. The van der Waals surface area contributed by atoms with Gasteiger partial charge >= 0.3 is 5.97 Å². The summed E-state index contributed by atoms with van der Waals surface area (Å²) in [7, 11) is 1.51. The van der Waals surface area contributed by atoms with Gasteiger partial charge in [-0.2, -0.15) is 0 Å². The molecular weight excluding hydrogens is 392 g/mol. The van der Waals surface area contributed by atoms with Gasteiger partial charge in [0.2, 0.25) is 0 Å². The van der Waals surface area contributed by atoms with Gasteiger partial charge in [0.1, 0.15) is 18.1 Å². The molecule has 150 valence electrons. The summed E-state index contributed by atoms with van der Waals surface area (Å²) in [5.74, 6) is 0.0832. The summed E-state index contributed by atoms with van der Waals surface area (Å²) in [6.45, 7) is 1.89. The number of nitrogens with one attached hydrogen (secondary N) is 1. The lowest BCUT2D eigenvalue weighted by molar-refractivity contribution is -0.119. The molecule has 0 aliphatic rings. The van der Waals surface area contributed by atoms with E-state index < -0.39 is 18.5 Å². The summed E-state index contributed by atoms with van der Waals surface area (Å²) >= 11 is 1.56. The number of anilines is 1. The molecule has 7 nitrogen and oxygen atoms in total. The highest BCUT2D eigenvalue weighted by atomic mass is 32.1. The standard InChI is InChI=1S/C21H20N2O5S/c1-14-22-16(13-29-14)11-27-17-9-7-15(8-10-17)21(25)28-12-20(24)23-18-5-3-4-6-19(18)26-2/h3-10,13H,11-12H2,1-2H3,(H,23,24). The Labute approximate surface area is 172 Å². The molecule has 0 radical (unpaired) electrons. The average Bonchev–Trinajstić information content (AvgIpc) is 3.16. The molecule has 8 heteroatoms. The van der Waals surface area contributed by atoms with Crippen LogP contribution in [0.5, 0.6) is 11.5 Å². The van der Waals surface area contributed by atoms with E-state index in [1.54, 1.807) is 59.9 Å². The second-order valence-corrected chi connectivity index (χ2v) is 7.06. The topological polar surface area (TPSA) is 86.8 Å². The molecule has 1 aromatic heterocycles. The molecule has 0 saturated heterocycles. The van der Waals surface area contributed by atoms with Gasteiger partial charge in [-0.15, -0.1) is 11.3 Å². The van der Waals surface area contributed by atoms with E-state index in [1.807, 2.05) is 12.3 Å². The van der Waals surface area contributed by atoms with Crippen molar-refractivity contribution in [3.63, 3.8) is 0 Å². The molecule has 0 unspecified atom stereocenters. The fourth-order valence-electron chi connectivity index (χ4n) is 2.47. The Morgan fingerprint density at radius 2 is 1.86 bits per heavy atom. The van der Waals surface area contributed by atoms with Crippen LogP contribution in [0.1, 0.15) is 21.1 Å². The van der Waals surface area contributed by atoms with Gasteiger partial charge in [0, 0.05) is 5.38 Å². The molecule has 1 amide bonds. The molecular formula is C21H20N2O5S. The van der Waals surface area contributed by atoms with E-state index in [0.717, 1.165) is 10.7 Å². The van der Waals surface area contributed by atoms with Crippen molar-refractivity contribution in [3.05, 3.63) is 70.2 Å². The number of hydrogen-bond donors (Lipinski definition) is 1. The number of benzene rings is 2. The molecule has 0 fully saturated rings. The SMILES string of the molecule is COc1ccccc1NC(=O)COC(=O)c1ccc(OCc2csc(C)n2)cc1. The van der Waals surface area contributed by atoms with E-state index in [-0.39, 0.29) is 0 Å². The predicted molar refractivity (Wildman–Crippen MR) is 110 cm³/mol. The van der Waals surface area contributed by atoms with E-state index in [9.17, 15) is 9.59 Å². The zero-order chi connectivity index (χ0) is 20.6. The molecule has 29 heavy (non-hydrogen) atoms. The van der Waals surface area contributed by atoms with Gasteiger partial charge in [0.05, 0.1) is 29.1 Å². The normalized spacial score (nSPS) is 10.3. The fraction of sp³-hybridized carbons (Fsp3) is 0.190. The van der Waals surface area contributed by atoms with Gasteiger partial charge in [0.25, 0.3) is 5.91 Å². The number of para-hydroxylation sites is 2. The predicted octanol–water partition coefficient (Wildman–Crippen LogP) is 3.83. The highest BCUT2D eigenvalue weighted by molar-refractivity contribution is 7.09. The Hall–Kier alpha value is -3.39. The summed E-state index contributed by atoms with van der Waals surface area (Å²) in [5, 5.41) is 5.57. The third-order valence-electron chi connectivity index (χ3n) is 3.86. The zero-order valence-electron chi connectivity index (χ0n) is 16.0. The van der Waals surface area contributed by atoms with Crippen LogP contribution in [0.25, 0.3) is 0 Å². The number of esters is 1. The van der Waals surface area contributed by atoms with Crippen LogP contribution < -0.4 is 14.8 Å². The average molecular weight is 412 g/mol. The summed E-state index contributed by atoms with van der Waals surface area (Å²) in [6, 6.07) is 13.5. The molecule has 1 heterocycles. The minimum absolute atomic E-state index is 0.326. The first-order valence-corrected chi connectivity index (χ1v) is 9.67. The highest BCUT2D eigenvalue weighted by Crippen LogP contribution is 2.23. The van der Waals surface area contributed by atoms with Gasteiger partial charge in [0.15, 0.2) is 6.61 Å². The quantitative estimate of drug-likeness (QED) is 0.566. The number of carbonyl (C=O) groups excluding carboxylic acids is 2. The number of thiazole rings is 1. The van der Waals surface area contributed by atoms with Crippen LogP contribution in [-0.2, 0) is 16.1 Å². The van der Waals surface area contributed by atoms with Crippen LogP contribution >= 0.6 is 11.3 Å². The lowest BCUT2D eigenvalue weighted by Gasteiger charge is -2.10. The zero-order valence-corrected chi connectivity index (χ0v) is 16.8. The molecule has 0 bridgehead atoms. The van der Waals surface area contributed by atoms with Gasteiger partial charge in [-0.3, -0.25) is 4.79 Å². The van der Waals surface area contributed by atoms with Crippen molar-refractivity contribution in [2.75, 3.05) is 19.0 Å². The molecule has 2 aromatic carbocycles. The van der Waals surface area contributed by atoms with E-state index in [1.165, 1.54) is 7.11 Å². The number of rotatable bonds is 8. The Morgan fingerprint density at radius 1 is 1.10 bits per heavy atom. The molecule has 0 atom stereocenters. The number of aromatic nitrogens is 1. The van der Waals surface area contributed by atoms with E-state index in [2.05, 4.69) is 10.3 Å². The van der Waals surface area contributed by atoms with Crippen molar-refractivity contribution in [1.29, 1.82) is 0 Å². The Morgan fingerprint density at radius 3 is 2.55 bits per heavy atom. The molecule has 3 aromatic rings. The number of methoxy groups -OCH3 is 1. The third kappa shape index (κ3) is 5.79. The first-order valence-electron chi connectivity index (χ1n) is 8.79. The van der Waals surface area contributed by atoms with E-state index >= 15 is 0 Å². The van der Waals surface area contributed by atoms with Crippen LogP contribution in [-0.4, -0.2) is 30.6 Å². The first-order chi connectivity index (χ1) is 14.0. The van der Waals surface area contributed by atoms with Crippen molar-refractivity contribution in [3.8, 4) is 11.5 Å². The number of nitrogens with zero attached hydrogens (tertiary/aromatic N) is 1. The maximum atomic E-state index is 12.1. The van der Waals surface area contributed by atoms with Gasteiger partial charge in [-0.05, 0) is 43.3 Å². The van der Waals surface area contributed by atoms with Crippen molar-refractivity contribution >= 4 is 28.9 Å². The minimum atomic E-state index is -0.596. The minimum Gasteiger partial charge on any atom is -0.495 e. The van der Waals surface area contributed by atoms with Crippen LogP contribution in [0.3, 0.4) is 0 Å². The van der Waals surface area contributed by atoms with Crippen LogP contribution in [0.15, 0.2) is 53.9 Å². The Bertz CT molecular complexity index is 985. The lowest BCUT2D eigenvalue weighted by Crippen LogP contribution is -2.21. The summed E-state index contributed by atoms with van der Waals surface area (Å²) < 4.78 is 15.9. The van der Waals surface area contributed by atoms with Gasteiger partial charge in [-0.25, -0.2) is 9.78 Å². The first kappa shape index (κ1) is 20.3. The van der Waals surface area contributed by atoms with Gasteiger partial charge < -0.3 is 19.5 Å². The third-order valence-corrected chi connectivity index (χ3v) is 4.68. The largest absolute Gasteiger partial charge is 0.495 e. The smallest absolute Gasteiger partial charge is 0.338 e. The lowest BCUT2D eigenvalue weighted by atomic mass is 10.2. The van der Waals surface area contributed by atoms with Crippen molar-refractivity contribution in [2.24, 2.45) is 0 Å². The fourth-order valence-corrected chi connectivity index (χ4v) is 3.06. The summed E-state index contributed by atoms with van der Waals surface area (Å²) in [5.41, 5.74) is 1.69. The molecule has 0 aliphatic heterocycles. The molecule has 0 spiro atoms. The van der Waals surface area contributed by atoms with Crippen LogP contribution in [0, 0.1) is 6.92 Å². The number of amides is 1. The molecule has 1 N–H and O–H groups in total. The van der Waals surface area contributed by atoms with E-state index in [0.29, 0.717) is 29.4 Å². The number of ether oxygens (including phenoxy) is 3. The number of aryl methyl sites for hydroxylation is 1. The maximum absolute atomic E-state index is 12.1. The molecule has 0 saturated carbocycles. The maximum Gasteiger partial charge on any atom is 0.338 e. The summed E-state index contributed by atoms with van der Waals surface area (Å²) in [4.78, 5) is 28.5.